The molecule has 0 aromatic rings. The minimum absolute atomic E-state index is 0.911. The van der Waals surface area contributed by atoms with Gasteiger partial charge in [-0.1, -0.05) is 0 Å². The summed E-state index contributed by atoms with van der Waals surface area (Å²) in [4.78, 5) is 2.36. The van der Waals surface area contributed by atoms with Crippen LogP contribution in [0.1, 0.15) is 0 Å². The molecular formula is C5H12NOP. The molecule has 1 rings (SSSR count). The first-order chi connectivity index (χ1) is 3.93. The molecule has 1 aliphatic rings. The quantitative estimate of drug-likeness (QED) is 0.472. The Bertz CT molecular complexity index is 63.4. The second kappa shape index (κ2) is 3.39. The van der Waals surface area contributed by atoms with E-state index in [1.807, 2.05) is 0 Å². The number of hydrogen-bond donors (Lipinski definition) is 0. The maximum absolute atomic E-state index is 5.15. The van der Waals surface area contributed by atoms with Gasteiger partial charge in [0.1, 0.15) is 0 Å². The van der Waals surface area contributed by atoms with Crippen molar-refractivity contribution in [3.05, 3.63) is 0 Å². The molecule has 0 bridgehead atoms. The molecule has 1 saturated heterocycles. The Kier molecular flexibility index (Phi) is 2.74. The molecule has 0 radical (unpaired) electrons. The molecule has 1 atom stereocenters. The average molecular weight is 133 g/mol. The number of morpholine rings is 1. The molecule has 0 amide bonds. The lowest BCUT2D eigenvalue weighted by molar-refractivity contribution is 0.0473. The third-order valence-corrected chi connectivity index (χ3v) is 1.88. The van der Waals surface area contributed by atoms with Gasteiger partial charge in [-0.3, -0.25) is 4.90 Å². The van der Waals surface area contributed by atoms with E-state index in [1.54, 1.807) is 0 Å². The van der Waals surface area contributed by atoms with Gasteiger partial charge in [-0.25, -0.2) is 0 Å². The van der Waals surface area contributed by atoms with Crippen LogP contribution in [0.25, 0.3) is 0 Å². The summed E-state index contributed by atoms with van der Waals surface area (Å²) >= 11 is 0. The molecule has 1 unspecified atom stereocenters. The van der Waals surface area contributed by atoms with E-state index in [0.29, 0.717) is 0 Å². The lowest BCUT2D eigenvalue weighted by Gasteiger charge is -2.24. The fourth-order valence-corrected chi connectivity index (χ4v) is 1.15. The Morgan fingerprint density at radius 2 is 2.00 bits per heavy atom. The van der Waals surface area contributed by atoms with Gasteiger partial charge in [0.2, 0.25) is 0 Å². The summed E-state index contributed by atoms with van der Waals surface area (Å²) in [5.41, 5.74) is 0. The van der Waals surface area contributed by atoms with Gasteiger partial charge >= 0.3 is 0 Å². The maximum atomic E-state index is 5.15. The van der Waals surface area contributed by atoms with Gasteiger partial charge < -0.3 is 4.74 Å². The van der Waals surface area contributed by atoms with E-state index in [9.17, 15) is 0 Å². The van der Waals surface area contributed by atoms with E-state index in [4.69, 9.17) is 4.74 Å². The van der Waals surface area contributed by atoms with Crippen LogP contribution in [0.4, 0.5) is 0 Å². The summed E-state index contributed by atoms with van der Waals surface area (Å²) in [6.07, 6.45) is 1.09. The largest absolute Gasteiger partial charge is 0.379 e. The Morgan fingerprint density at radius 1 is 1.38 bits per heavy atom. The molecule has 0 aromatic heterocycles. The third kappa shape index (κ3) is 1.70. The highest BCUT2D eigenvalue weighted by Gasteiger charge is 2.05. The Balaban J connectivity index is 2.13. The van der Waals surface area contributed by atoms with E-state index in [0.717, 1.165) is 32.6 Å². The molecule has 0 saturated carbocycles. The smallest absolute Gasteiger partial charge is 0.0594 e. The molecular weight excluding hydrogens is 121 g/mol. The summed E-state index contributed by atoms with van der Waals surface area (Å²) in [5, 5.41) is 0. The molecule has 1 aliphatic heterocycles. The van der Waals surface area contributed by atoms with E-state index >= 15 is 0 Å². The highest BCUT2D eigenvalue weighted by molar-refractivity contribution is 7.16. The molecule has 1 fully saturated rings. The number of hydrogen-bond acceptors (Lipinski definition) is 2. The lowest BCUT2D eigenvalue weighted by Crippen LogP contribution is -2.34. The van der Waals surface area contributed by atoms with E-state index in [1.165, 1.54) is 0 Å². The summed E-state index contributed by atoms with van der Waals surface area (Å²) in [7, 11) is 2.72. The first-order valence-electron chi connectivity index (χ1n) is 2.93. The van der Waals surface area contributed by atoms with Crippen LogP contribution in [0.5, 0.6) is 0 Å². The lowest BCUT2D eigenvalue weighted by atomic mass is 10.5. The van der Waals surface area contributed by atoms with Crippen molar-refractivity contribution in [1.82, 2.24) is 4.90 Å². The second-order valence-electron chi connectivity index (χ2n) is 1.91. The maximum Gasteiger partial charge on any atom is 0.0594 e. The van der Waals surface area contributed by atoms with Crippen molar-refractivity contribution in [1.29, 1.82) is 0 Å². The first-order valence-corrected chi connectivity index (χ1v) is 3.75. The van der Waals surface area contributed by atoms with Crippen molar-refractivity contribution < 1.29 is 4.74 Å². The van der Waals surface area contributed by atoms with Gasteiger partial charge in [-0.15, -0.1) is 9.24 Å². The van der Waals surface area contributed by atoms with Gasteiger partial charge in [0, 0.05) is 19.4 Å². The van der Waals surface area contributed by atoms with Crippen molar-refractivity contribution in [3.63, 3.8) is 0 Å². The fourth-order valence-electron chi connectivity index (χ4n) is 0.784. The number of nitrogens with zero attached hydrogens (tertiary/aromatic N) is 1. The Morgan fingerprint density at radius 3 is 2.38 bits per heavy atom. The van der Waals surface area contributed by atoms with E-state index in [-0.39, 0.29) is 0 Å². The van der Waals surface area contributed by atoms with Crippen molar-refractivity contribution in [3.8, 4) is 0 Å². The van der Waals surface area contributed by atoms with E-state index in [2.05, 4.69) is 14.1 Å². The van der Waals surface area contributed by atoms with Crippen LogP contribution in [-0.4, -0.2) is 37.5 Å². The topological polar surface area (TPSA) is 12.5 Å². The highest BCUT2D eigenvalue weighted by Crippen LogP contribution is 1.97. The minimum Gasteiger partial charge on any atom is -0.379 e. The average Bonchev–Trinajstić information content (AvgIpc) is 1.90. The Hall–Kier alpha value is 0.350. The summed E-state index contributed by atoms with van der Waals surface area (Å²) in [6.45, 7) is 4.02. The van der Waals surface area contributed by atoms with Crippen LogP contribution in [0.3, 0.4) is 0 Å². The van der Waals surface area contributed by atoms with Gasteiger partial charge in [0.25, 0.3) is 0 Å². The molecule has 0 aliphatic carbocycles. The molecule has 3 heteroatoms. The molecule has 0 spiro atoms. The van der Waals surface area contributed by atoms with Gasteiger partial charge in [0.05, 0.1) is 13.2 Å². The monoisotopic (exact) mass is 133 g/mol. The molecule has 48 valence electrons. The zero-order valence-corrected chi connectivity index (χ0v) is 6.12. The predicted molar refractivity (Wildman–Crippen MR) is 37.0 cm³/mol. The highest BCUT2D eigenvalue weighted by atomic mass is 31.0. The van der Waals surface area contributed by atoms with Crippen LogP contribution >= 0.6 is 9.24 Å². The normalized spacial score (nSPS) is 23.6. The zero-order valence-electron chi connectivity index (χ0n) is 4.97. The van der Waals surface area contributed by atoms with Crippen LogP contribution in [0, 0.1) is 0 Å². The van der Waals surface area contributed by atoms with Gasteiger partial charge in [0.15, 0.2) is 0 Å². The number of rotatable bonds is 1. The summed E-state index contributed by atoms with van der Waals surface area (Å²) in [5.74, 6) is 0. The molecule has 1 heterocycles. The van der Waals surface area contributed by atoms with Gasteiger partial charge in [-0.2, -0.15) is 0 Å². The second-order valence-corrected chi connectivity index (χ2v) is 2.28. The molecule has 0 N–H and O–H groups in total. The molecule has 2 nitrogen and oxygen atoms in total. The fraction of sp³-hybridized carbons (Fsp3) is 1.00. The van der Waals surface area contributed by atoms with Crippen LogP contribution in [0.15, 0.2) is 0 Å². The predicted octanol–water partition coefficient (Wildman–Crippen LogP) is 0.151. The molecule has 8 heavy (non-hydrogen) atoms. The van der Waals surface area contributed by atoms with Crippen molar-refractivity contribution in [2.45, 2.75) is 0 Å². The van der Waals surface area contributed by atoms with E-state index < -0.39 is 0 Å². The van der Waals surface area contributed by atoms with Gasteiger partial charge in [-0.05, 0) is 0 Å². The third-order valence-electron chi connectivity index (χ3n) is 1.36. The van der Waals surface area contributed by atoms with Crippen LogP contribution in [0.2, 0.25) is 0 Å². The zero-order chi connectivity index (χ0) is 5.82. The van der Waals surface area contributed by atoms with Crippen molar-refractivity contribution in [2.75, 3.05) is 32.6 Å². The SMILES string of the molecule is PCN1CCOCC1. The van der Waals surface area contributed by atoms with Crippen LogP contribution in [-0.2, 0) is 4.74 Å². The Labute approximate surface area is 52.4 Å². The number of ether oxygens (including phenoxy) is 1. The summed E-state index contributed by atoms with van der Waals surface area (Å²) in [6, 6.07) is 0. The minimum atomic E-state index is 0.911. The van der Waals surface area contributed by atoms with Crippen LogP contribution < -0.4 is 0 Å². The van der Waals surface area contributed by atoms with Crippen molar-refractivity contribution in [2.24, 2.45) is 0 Å². The molecule has 0 aromatic carbocycles. The standard InChI is InChI=1S/C5H12NOP/c8-5-6-1-3-7-4-2-6/h1-5,8H2. The first kappa shape index (κ1) is 6.47. The summed E-state index contributed by atoms with van der Waals surface area (Å²) < 4.78 is 5.15. The van der Waals surface area contributed by atoms with Crippen molar-refractivity contribution >= 4 is 9.24 Å².